The van der Waals surface area contributed by atoms with Gasteiger partial charge in [0.1, 0.15) is 18.2 Å². The van der Waals surface area contributed by atoms with Crippen molar-refractivity contribution in [3.8, 4) is 5.75 Å². The van der Waals surface area contributed by atoms with Gasteiger partial charge in [-0.3, -0.25) is 10.1 Å². The van der Waals surface area contributed by atoms with Crippen LogP contribution in [0, 0.1) is 10.1 Å². The second-order valence-electron chi connectivity index (χ2n) is 6.52. The van der Waals surface area contributed by atoms with E-state index in [9.17, 15) is 10.1 Å². The Bertz CT molecular complexity index is 1020. The number of fused-ring (bicyclic) bond motifs is 1. The number of rotatable bonds is 5. The Morgan fingerprint density at radius 1 is 1.21 bits per heavy atom. The van der Waals surface area contributed by atoms with Gasteiger partial charge in [-0.05, 0) is 44.1 Å². The van der Waals surface area contributed by atoms with E-state index in [2.05, 4.69) is 36.5 Å². The fourth-order valence-electron chi connectivity index (χ4n) is 3.20. The summed E-state index contributed by atoms with van der Waals surface area (Å²) in [5.41, 5.74) is 1.31. The second-order valence-corrected chi connectivity index (χ2v) is 7.43. The fourth-order valence-corrected chi connectivity index (χ4v) is 3.60. The zero-order valence-electron chi connectivity index (χ0n) is 14.9. The molecule has 0 amide bonds. The van der Waals surface area contributed by atoms with Gasteiger partial charge in [0, 0.05) is 22.3 Å². The zero-order chi connectivity index (χ0) is 19.5. The lowest BCUT2D eigenvalue weighted by Crippen LogP contribution is -2.34. The van der Waals surface area contributed by atoms with E-state index in [1.807, 2.05) is 24.3 Å². The number of nitrogens with zero attached hydrogens (tertiary/aromatic N) is 3. The van der Waals surface area contributed by atoms with E-state index < -0.39 is 4.92 Å². The summed E-state index contributed by atoms with van der Waals surface area (Å²) in [7, 11) is 0. The molecule has 9 heteroatoms. The Morgan fingerprint density at radius 2 is 2.04 bits per heavy atom. The SMILES string of the molecule is O=[N+]([O-])c1cc2c(Nc3cccc(Br)c3)ncnc2cc1OC1CCNCC1. The number of hydrogen-bond acceptors (Lipinski definition) is 7. The summed E-state index contributed by atoms with van der Waals surface area (Å²) in [4.78, 5) is 19.8. The molecule has 2 aromatic carbocycles. The molecule has 0 aliphatic carbocycles. The highest BCUT2D eigenvalue weighted by Crippen LogP contribution is 2.35. The molecule has 1 aliphatic heterocycles. The van der Waals surface area contributed by atoms with Gasteiger partial charge in [0.25, 0.3) is 0 Å². The molecule has 8 nitrogen and oxygen atoms in total. The molecule has 1 aromatic heterocycles. The summed E-state index contributed by atoms with van der Waals surface area (Å²) < 4.78 is 6.88. The number of aromatic nitrogens is 2. The van der Waals surface area contributed by atoms with E-state index in [1.165, 1.54) is 12.4 Å². The maximum Gasteiger partial charge on any atom is 0.311 e. The van der Waals surface area contributed by atoms with Gasteiger partial charge in [0.15, 0.2) is 5.75 Å². The smallest absolute Gasteiger partial charge is 0.311 e. The molecule has 144 valence electrons. The van der Waals surface area contributed by atoms with Gasteiger partial charge in [-0.25, -0.2) is 9.97 Å². The molecule has 0 saturated carbocycles. The lowest BCUT2D eigenvalue weighted by molar-refractivity contribution is -0.385. The molecule has 0 radical (unpaired) electrons. The van der Waals surface area contributed by atoms with E-state index >= 15 is 0 Å². The highest BCUT2D eigenvalue weighted by atomic mass is 79.9. The fraction of sp³-hybridized carbons (Fsp3) is 0.263. The summed E-state index contributed by atoms with van der Waals surface area (Å²) in [6, 6.07) is 10.7. The van der Waals surface area contributed by atoms with Crippen LogP contribution in [-0.2, 0) is 0 Å². The Morgan fingerprint density at radius 3 is 2.79 bits per heavy atom. The predicted octanol–water partition coefficient (Wildman–Crippen LogP) is 4.17. The van der Waals surface area contributed by atoms with Gasteiger partial charge >= 0.3 is 5.69 Å². The predicted molar refractivity (Wildman–Crippen MR) is 110 cm³/mol. The molecule has 1 saturated heterocycles. The summed E-state index contributed by atoms with van der Waals surface area (Å²) in [6.07, 6.45) is 3.02. The number of anilines is 2. The highest BCUT2D eigenvalue weighted by molar-refractivity contribution is 9.10. The first kappa shape index (κ1) is 18.6. The number of benzene rings is 2. The number of nitro benzene ring substituents is 1. The molecular formula is C19H18BrN5O3. The zero-order valence-corrected chi connectivity index (χ0v) is 16.5. The van der Waals surface area contributed by atoms with Crippen molar-refractivity contribution in [3.05, 3.63) is 57.3 Å². The molecule has 0 spiro atoms. The van der Waals surface area contributed by atoms with Crippen molar-refractivity contribution in [2.24, 2.45) is 0 Å². The van der Waals surface area contributed by atoms with Gasteiger partial charge in [-0.1, -0.05) is 22.0 Å². The molecule has 3 aromatic rings. The van der Waals surface area contributed by atoms with E-state index in [4.69, 9.17) is 4.74 Å². The minimum Gasteiger partial charge on any atom is -0.483 e. The third-order valence-electron chi connectivity index (χ3n) is 4.58. The molecule has 28 heavy (non-hydrogen) atoms. The van der Waals surface area contributed by atoms with Crippen LogP contribution in [0.4, 0.5) is 17.2 Å². The monoisotopic (exact) mass is 443 g/mol. The molecule has 2 N–H and O–H groups in total. The lowest BCUT2D eigenvalue weighted by atomic mass is 10.1. The summed E-state index contributed by atoms with van der Waals surface area (Å²) in [5.74, 6) is 0.746. The Labute approximate surface area is 169 Å². The summed E-state index contributed by atoms with van der Waals surface area (Å²) in [6.45, 7) is 1.68. The Kier molecular flexibility index (Phi) is 5.36. The minimum atomic E-state index is -0.425. The Hall–Kier alpha value is -2.78. The number of piperidine rings is 1. The second kappa shape index (κ2) is 8.07. The van der Waals surface area contributed by atoms with E-state index in [-0.39, 0.29) is 17.5 Å². The van der Waals surface area contributed by atoms with Crippen molar-refractivity contribution in [3.63, 3.8) is 0 Å². The van der Waals surface area contributed by atoms with Crippen LogP contribution in [0.15, 0.2) is 47.2 Å². The first-order valence-electron chi connectivity index (χ1n) is 8.93. The van der Waals surface area contributed by atoms with Gasteiger partial charge in [-0.15, -0.1) is 0 Å². The van der Waals surface area contributed by atoms with E-state index in [1.54, 1.807) is 6.07 Å². The molecule has 1 fully saturated rings. The number of ether oxygens (including phenoxy) is 1. The van der Waals surface area contributed by atoms with Gasteiger partial charge in [-0.2, -0.15) is 0 Å². The largest absolute Gasteiger partial charge is 0.483 e. The lowest BCUT2D eigenvalue weighted by Gasteiger charge is -2.23. The van der Waals surface area contributed by atoms with Crippen LogP contribution in [-0.4, -0.2) is 34.1 Å². The van der Waals surface area contributed by atoms with Crippen LogP contribution in [0.5, 0.6) is 5.75 Å². The van der Waals surface area contributed by atoms with Crippen LogP contribution >= 0.6 is 15.9 Å². The van der Waals surface area contributed by atoms with Crippen molar-refractivity contribution in [1.82, 2.24) is 15.3 Å². The minimum absolute atomic E-state index is 0.0431. The molecule has 4 rings (SSSR count). The maximum absolute atomic E-state index is 11.7. The van der Waals surface area contributed by atoms with Crippen LogP contribution < -0.4 is 15.4 Å². The summed E-state index contributed by atoms with van der Waals surface area (Å²) >= 11 is 3.43. The van der Waals surface area contributed by atoms with Gasteiger partial charge in [0.05, 0.1) is 15.8 Å². The highest BCUT2D eigenvalue weighted by Gasteiger charge is 2.23. The molecular weight excluding hydrogens is 426 g/mol. The molecule has 0 bridgehead atoms. The average molecular weight is 444 g/mol. The van der Waals surface area contributed by atoms with Crippen LogP contribution in [0.3, 0.4) is 0 Å². The number of nitrogens with one attached hydrogen (secondary N) is 2. The van der Waals surface area contributed by atoms with Crippen molar-refractivity contribution < 1.29 is 9.66 Å². The topological polar surface area (TPSA) is 102 Å². The number of nitro groups is 1. The van der Waals surface area contributed by atoms with Crippen LogP contribution in [0.25, 0.3) is 10.9 Å². The number of halogens is 1. The molecule has 2 heterocycles. The van der Waals surface area contributed by atoms with Crippen molar-refractivity contribution in [2.45, 2.75) is 18.9 Å². The van der Waals surface area contributed by atoms with Crippen molar-refractivity contribution >= 4 is 44.0 Å². The summed E-state index contributed by atoms with van der Waals surface area (Å²) in [5, 5.41) is 18.7. The standard InChI is InChI=1S/C19H18BrN5O3/c20-12-2-1-3-13(8-12)24-19-15-9-17(25(26)27)18(10-16(15)22-11-23-19)28-14-4-6-21-7-5-14/h1-3,8-11,14,21H,4-7H2,(H,22,23,24). The van der Waals surface area contributed by atoms with Crippen molar-refractivity contribution in [1.29, 1.82) is 0 Å². The van der Waals surface area contributed by atoms with E-state index in [0.29, 0.717) is 16.7 Å². The third-order valence-corrected chi connectivity index (χ3v) is 5.07. The first-order chi connectivity index (χ1) is 13.6. The molecule has 0 atom stereocenters. The normalized spacial score (nSPS) is 14.8. The quantitative estimate of drug-likeness (QED) is 0.450. The number of hydrogen-bond donors (Lipinski definition) is 2. The van der Waals surface area contributed by atoms with E-state index in [0.717, 1.165) is 36.1 Å². The van der Waals surface area contributed by atoms with Crippen LogP contribution in [0.1, 0.15) is 12.8 Å². The van der Waals surface area contributed by atoms with Crippen molar-refractivity contribution in [2.75, 3.05) is 18.4 Å². The van der Waals surface area contributed by atoms with Gasteiger partial charge < -0.3 is 15.4 Å². The average Bonchev–Trinajstić information content (AvgIpc) is 2.68. The molecule has 1 aliphatic rings. The first-order valence-corrected chi connectivity index (χ1v) is 9.72. The molecule has 0 unspecified atom stereocenters. The van der Waals surface area contributed by atoms with Gasteiger partial charge in [0.2, 0.25) is 0 Å². The van der Waals surface area contributed by atoms with Crippen LogP contribution in [0.2, 0.25) is 0 Å². The maximum atomic E-state index is 11.7. The Balaban J connectivity index is 1.73. The third kappa shape index (κ3) is 4.05.